The predicted octanol–water partition coefficient (Wildman–Crippen LogP) is 17.9. The van der Waals surface area contributed by atoms with Crippen molar-refractivity contribution in [3.63, 3.8) is 0 Å². The molecule has 0 heterocycles. The fraction of sp³-hybridized carbons (Fsp3) is 0.125. The van der Waals surface area contributed by atoms with Gasteiger partial charge in [-0.3, -0.25) is 0 Å². The van der Waals surface area contributed by atoms with Crippen LogP contribution in [0.3, 0.4) is 0 Å². The number of fused-ring (bicyclic) bond motifs is 12. The molecular weight excluding hydrogens is 769 g/mol. The van der Waals surface area contributed by atoms with E-state index >= 15 is 0 Å². The Labute approximate surface area is 379 Å². The molecule has 312 valence electrons. The molecule has 0 aliphatic heterocycles. The molecule has 0 atom stereocenters. The summed E-state index contributed by atoms with van der Waals surface area (Å²) in [6, 6.07) is 81.1. The fourth-order valence-electron chi connectivity index (χ4n) is 9.82. The number of benzene rings is 11. The van der Waals surface area contributed by atoms with Crippen LogP contribution in [0.5, 0.6) is 0 Å². The van der Waals surface area contributed by atoms with Crippen molar-refractivity contribution in [3.05, 3.63) is 263 Å². The second kappa shape index (κ2) is 18.6. The summed E-state index contributed by atoms with van der Waals surface area (Å²) >= 11 is 0. The van der Waals surface area contributed by atoms with Gasteiger partial charge in [-0.25, -0.2) is 0 Å². The van der Waals surface area contributed by atoms with E-state index in [9.17, 15) is 0 Å². The minimum Gasteiger partial charge on any atom is -0.0654 e. The molecule has 0 nitrogen and oxygen atoms in total. The third kappa shape index (κ3) is 7.75. The second-order valence-corrected chi connectivity index (χ2v) is 17.2. The molecule has 11 aromatic carbocycles. The van der Waals surface area contributed by atoms with E-state index in [0.717, 1.165) is 0 Å². The molecule has 12 rings (SSSR count). The van der Waals surface area contributed by atoms with Gasteiger partial charge in [-0.15, -0.1) is 0 Å². The zero-order chi connectivity index (χ0) is 44.0. The van der Waals surface area contributed by atoms with Gasteiger partial charge in [-0.2, -0.15) is 0 Å². The minimum atomic E-state index is -0.263. The summed E-state index contributed by atoms with van der Waals surface area (Å²) in [5.74, 6) is 0. The lowest BCUT2D eigenvalue weighted by atomic mass is 9.67. The van der Waals surface area contributed by atoms with Gasteiger partial charge in [0.25, 0.3) is 0 Å². The molecule has 0 radical (unpaired) electrons. The summed E-state index contributed by atoms with van der Waals surface area (Å²) in [5.41, 5.74) is 11.8. The first-order chi connectivity index (χ1) is 31.4. The van der Waals surface area contributed by atoms with Crippen molar-refractivity contribution in [1.82, 2.24) is 0 Å². The van der Waals surface area contributed by atoms with Gasteiger partial charge in [-0.1, -0.05) is 262 Å². The summed E-state index contributed by atoms with van der Waals surface area (Å²) in [6.07, 6.45) is 2.64. The summed E-state index contributed by atoms with van der Waals surface area (Å²) in [4.78, 5) is 0. The molecule has 11 aromatic rings. The van der Waals surface area contributed by atoms with Crippen molar-refractivity contribution in [2.45, 2.75) is 52.9 Å². The van der Waals surface area contributed by atoms with Crippen LogP contribution in [0.1, 0.15) is 65.6 Å². The molecule has 0 saturated carbocycles. The van der Waals surface area contributed by atoms with E-state index in [-0.39, 0.29) is 5.41 Å². The summed E-state index contributed by atoms with van der Waals surface area (Å²) < 4.78 is 0. The Morgan fingerprint density at radius 2 is 0.703 bits per heavy atom. The van der Waals surface area contributed by atoms with Gasteiger partial charge in [0.05, 0.1) is 5.41 Å². The zero-order valence-electron chi connectivity index (χ0n) is 37.8. The third-order valence-electron chi connectivity index (χ3n) is 13.0. The van der Waals surface area contributed by atoms with E-state index in [2.05, 4.69) is 259 Å². The first kappa shape index (κ1) is 42.0. The Balaban J connectivity index is 0.000000121. The average molecular weight is 825 g/mol. The van der Waals surface area contributed by atoms with E-state index in [1.54, 1.807) is 0 Å². The normalized spacial score (nSPS) is 12.1. The number of hydrogen-bond acceptors (Lipinski definition) is 0. The lowest BCUT2D eigenvalue weighted by Crippen LogP contribution is -2.28. The molecule has 1 aliphatic rings. The zero-order valence-corrected chi connectivity index (χ0v) is 37.8. The molecule has 0 amide bonds. The molecule has 0 aromatic heterocycles. The first-order valence-electron chi connectivity index (χ1n) is 22.9. The summed E-state index contributed by atoms with van der Waals surface area (Å²) in [6.45, 7) is 10.9. The molecule has 0 spiro atoms. The maximum atomic E-state index is 2.37. The monoisotopic (exact) mass is 824 g/mol. The Kier molecular flexibility index (Phi) is 12.2. The van der Waals surface area contributed by atoms with Crippen molar-refractivity contribution in [1.29, 1.82) is 0 Å². The van der Waals surface area contributed by atoms with E-state index in [4.69, 9.17) is 0 Å². The van der Waals surface area contributed by atoms with Gasteiger partial charge in [0.1, 0.15) is 0 Å². The standard InChI is InChI=1S/C26H20.C19H14.C15H12.C4H10/c1-19-16-17-23-22-14-8-9-15-24(22)26(25(23)18-19,20-10-4-2-5-11-20)21-12-6-3-7-13-21;1-13-10-11-18-16-8-3-2-6-14(16)15-7-4-5-9-17(15)19(18)12-13;1-11-10-12-6-2-3-8-14(12)15-9-5-4-7-13(11)15;1-3-4-2/h2-18H,1H3;2-12H,1H3;2-10H,1H3;3-4H2,1-2H3. The number of rotatable bonds is 3. The lowest BCUT2D eigenvalue weighted by Gasteiger charge is -2.34. The molecule has 0 heteroatoms. The van der Waals surface area contributed by atoms with Crippen molar-refractivity contribution in [2.24, 2.45) is 0 Å². The Hall–Kier alpha value is -7.28. The average Bonchev–Trinajstić information content (AvgIpc) is 3.65. The van der Waals surface area contributed by atoms with Crippen LogP contribution in [0.4, 0.5) is 0 Å². The van der Waals surface area contributed by atoms with Crippen molar-refractivity contribution in [3.8, 4) is 11.1 Å². The maximum Gasteiger partial charge on any atom is 0.0713 e. The van der Waals surface area contributed by atoms with Crippen molar-refractivity contribution in [2.75, 3.05) is 0 Å². The summed E-state index contributed by atoms with van der Waals surface area (Å²) in [5, 5.41) is 13.5. The highest BCUT2D eigenvalue weighted by atomic mass is 14.5. The number of aryl methyl sites for hydroxylation is 3. The topological polar surface area (TPSA) is 0 Å². The second-order valence-electron chi connectivity index (χ2n) is 17.2. The van der Waals surface area contributed by atoms with Gasteiger partial charge in [0.2, 0.25) is 0 Å². The van der Waals surface area contributed by atoms with E-state index in [0.29, 0.717) is 0 Å². The molecule has 0 fully saturated rings. The molecule has 1 aliphatic carbocycles. The maximum absolute atomic E-state index is 2.37. The lowest BCUT2D eigenvalue weighted by molar-refractivity contribution is 0.767. The van der Waals surface area contributed by atoms with Gasteiger partial charge in [-0.05, 0) is 114 Å². The smallest absolute Gasteiger partial charge is 0.0654 e. The SMILES string of the molecule is CCCC.Cc1cc2ccccc2c2ccccc12.Cc1ccc2c(c1)C(c1ccccc1)(c1ccccc1)c1ccccc1-2.Cc1ccc2c3ccccc3c3ccccc3c2c1. The first-order valence-corrected chi connectivity index (χ1v) is 22.9. The largest absolute Gasteiger partial charge is 0.0713 e. The van der Waals surface area contributed by atoms with Gasteiger partial charge in [0.15, 0.2) is 0 Å². The van der Waals surface area contributed by atoms with Crippen LogP contribution in [0.25, 0.3) is 65.0 Å². The van der Waals surface area contributed by atoms with Crippen LogP contribution < -0.4 is 0 Å². The number of hydrogen-bond donors (Lipinski definition) is 0. The minimum absolute atomic E-state index is 0.263. The molecule has 0 saturated heterocycles. The molecule has 64 heavy (non-hydrogen) atoms. The van der Waals surface area contributed by atoms with Gasteiger partial charge in [0, 0.05) is 0 Å². The Bertz CT molecular complexity index is 3300. The van der Waals surface area contributed by atoms with Crippen LogP contribution >= 0.6 is 0 Å². The van der Waals surface area contributed by atoms with Crippen LogP contribution in [0.2, 0.25) is 0 Å². The van der Waals surface area contributed by atoms with E-state index in [1.165, 1.54) is 117 Å². The molecule has 0 unspecified atom stereocenters. The quantitative estimate of drug-likeness (QED) is 0.156. The van der Waals surface area contributed by atoms with Crippen LogP contribution in [-0.2, 0) is 5.41 Å². The highest BCUT2D eigenvalue weighted by Crippen LogP contribution is 2.56. The predicted molar refractivity (Wildman–Crippen MR) is 279 cm³/mol. The van der Waals surface area contributed by atoms with Gasteiger partial charge < -0.3 is 0 Å². The Morgan fingerprint density at radius 1 is 0.297 bits per heavy atom. The third-order valence-corrected chi connectivity index (χ3v) is 13.0. The highest BCUT2D eigenvalue weighted by molar-refractivity contribution is 6.25. The van der Waals surface area contributed by atoms with Gasteiger partial charge >= 0.3 is 0 Å². The molecule has 0 N–H and O–H groups in total. The fourth-order valence-corrected chi connectivity index (χ4v) is 9.82. The highest BCUT2D eigenvalue weighted by Gasteiger charge is 2.45. The Morgan fingerprint density at radius 3 is 1.28 bits per heavy atom. The van der Waals surface area contributed by atoms with Crippen LogP contribution in [0.15, 0.2) is 224 Å². The summed E-state index contributed by atoms with van der Waals surface area (Å²) in [7, 11) is 0. The number of unbranched alkanes of at least 4 members (excludes halogenated alkanes) is 1. The van der Waals surface area contributed by atoms with E-state index < -0.39 is 0 Å². The van der Waals surface area contributed by atoms with Crippen molar-refractivity contribution >= 4 is 53.9 Å². The van der Waals surface area contributed by atoms with Crippen molar-refractivity contribution < 1.29 is 0 Å². The van der Waals surface area contributed by atoms with Crippen LogP contribution in [0, 0.1) is 20.8 Å². The molecule has 0 bridgehead atoms. The van der Waals surface area contributed by atoms with E-state index in [1.807, 2.05) is 0 Å². The molecular formula is C64H56. The van der Waals surface area contributed by atoms with Crippen LogP contribution in [-0.4, -0.2) is 0 Å².